The smallest absolute Gasteiger partial charge is 0.0909 e. The minimum atomic E-state index is 0.601. The van der Waals surface area contributed by atoms with Crippen molar-refractivity contribution < 1.29 is 0 Å². The lowest BCUT2D eigenvalue weighted by atomic mass is 10.1. The lowest BCUT2D eigenvalue weighted by Crippen LogP contribution is -2.23. The molecule has 12 heavy (non-hydrogen) atoms. The predicted octanol–water partition coefficient (Wildman–Crippen LogP) is 1.95. The van der Waals surface area contributed by atoms with Crippen LogP contribution >= 0.6 is 0 Å². The Bertz CT molecular complexity index is 152. The number of hydrogen-bond donors (Lipinski definition) is 1. The molecule has 0 aromatic rings. The van der Waals surface area contributed by atoms with Crippen molar-refractivity contribution in [3.05, 3.63) is 25.1 Å². The summed E-state index contributed by atoms with van der Waals surface area (Å²) in [7, 11) is 1.96. The highest BCUT2D eigenvalue weighted by Crippen LogP contribution is 2.06. The quantitative estimate of drug-likeness (QED) is 0.614. The number of allylic oxidation sites excluding steroid dienone is 1. The van der Waals surface area contributed by atoms with Gasteiger partial charge in [0.05, 0.1) is 5.82 Å². The van der Waals surface area contributed by atoms with Gasteiger partial charge in [-0.2, -0.15) is 0 Å². The Balaban J connectivity index is 3.43. The zero-order valence-electron chi connectivity index (χ0n) is 8.21. The molecule has 1 atom stereocenters. The van der Waals surface area contributed by atoms with Gasteiger partial charge < -0.3 is 10.6 Å². The summed E-state index contributed by atoms with van der Waals surface area (Å²) in [6, 6.07) is 0. The normalized spacial score (nSPS) is 12.2. The Hall–Kier alpha value is -0.920. The van der Waals surface area contributed by atoms with Gasteiger partial charge in [-0.3, -0.25) is 0 Å². The molecule has 0 aliphatic carbocycles. The van der Waals surface area contributed by atoms with Gasteiger partial charge >= 0.3 is 0 Å². The highest BCUT2D eigenvalue weighted by Gasteiger charge is 1.99. The molecule has 0 aliphatic rings. The first-order chi connectivity index (χ1) is 5.57. The molecule has 0 aromatic heterocycles. The van der Waals surface area contributed by atoms with E-state index in [1.54, 1.807) is 0 Å². The van der Waals surface area contributed by atoms with Crippen molar-refractivity contribution in [1.29, 1.82) is 0 Å². The molecule has 0 saturated heterocycles. The zero-order valence-corrected chi connectivity index (χ0v) is 8.21. The van der Waals surface area contributed by atoms with Gasteiger partial charge in [0.25, 0.3) is 0 Å². The Morgan fingerprint density at radius 1 is 1.67 bits per heavy atom. The molecule has 2 nitrogen and oxygen atoms in total. The van der Waals surface area contributed by atoms with Crippen LogP contribution < -0.4 is 5.73 Å². The largest absolute Gasteiger partial charge is 0.386 e. The van der Waals surface area contributed by atoms with E-state index in [9.17, 15) is 0 Å². The van der Waals surface area contributed by atoms with Crippen LogP contribution in [0, 0.1) is 5.92 Å². The molecule has 0 bridgehead atoms. The molecule has 0 fully saturated rings. The van der Waals surface area contributed by atoms with Crippen LogP contribution in [0.2, 0.25) is 0 Å². The molecule has 0 rings (SSSR count). The van der Waals surface area contributed by atoms with Crippen molar-refractivity contribution in [3.63, 3.8) is 0 Å². The summed E-state index contributed by atoms with van der Waals surface area (Å²) in [5, 5.41) is 0. The van der Waals surface area contributed by atoms with Crippen LogP contribution in [0.1, 0.15) is 19.8 Å². The first-order valence-electron chi connectivity index (χ1n) is 4.36. The molecular weight excluding hydrogens is 148 g/mol. The molecule has 0 aliphatic heterocycles. The average molecular weight is 168 g/mol. The second-order valence-corrected chi connectivity index (χ2v) is 3.27. The van der Waals surface area contributed by atoms with E-state index >= 15 is 0 Å². The minimum absolute atomic E-state index is 0.601. The van der Waals surface area contributed by atoms with Gasteiger partial charge in [0.15, 0.2) is 0 Å². The van der Waals surface area contributed by atoms with Gasteiger partial charge in [-0.05, 0) is 18.8 Å². The summed E-state index contributed by atoms with van der Waals surface area (Å²) < 4.78 is 0. The molecule has 1 unspecified atom stereocenters. The lowest BCUT2D eigenvalue weighted by molar-refractivity contribution is 0.389. The van der Waals surface area contributed by atoms with E-state index in [4.69, 9.17) is 5.73 Å². The summed E-state index contributed by atoms with van der Waals surface area (Å²) >= 11 is 0. The summed E-state index contributed by atoms with van der Waals surface area (Å²) in [5.41, 5.74) is 5.50. The molecule has 2 heteroatoms. The van der Waals surface area contributed by atoms with Crippen molar-refractivity contribution in [2.24, 2.45) is 11.7 Å². The molecule has 0 heterocycles. The van der Waals surface area contributed by atoms with Crippen molar-refractivity contribution in [1.82, 2.24) is 4.90 Å². The van der Waals surface area contributed by atoms with Gasteiger partial charge in [-0.1, -0.05) is 19.6 Å². The Morgan fingerprint density at radius 2 is 2.25 bits per heavy atom. The van der Waals surface area contributed by atoms with Crippen LogP contribution in [0.15, 0.2) is 25.1 Å². The SMILES string of the molecule is C=CC(C)CCCN(C)C(=C)N. The zero-order chi connectivity index (χ0) is 9.56. The summed E-state index contributed by atoms with van der Waals surface area (Å²) in [4.78, 5) is 1.97. The van der Waals surface area contributed by atoms with E-state index in [0.717, 1.165) is 13.0 Å². The van der Waals surface area contributed by atoms with Crippen LogP contribution in [0.4, 0.5) is 0 Å². The third-order valence-corrected chi connectivity index (χ3v) is 2.05. The van der Waals surface area contributed by atoms with Crippen molar-refractivity contribution in [2.75, 3.05) is 13.6 Å². The van der Waals surface area contributed by atoms with E-state index in [0.29, 0.717) is 11.7 Å². The van der Waals surface area contributed by atoms with Crippen LogP contribution in [-0.4, -0.2) is 18.5 Å². The van der Waals surface area contributed by atoms with Crippen molar-refractivity contribution >= 4 is 0 Å². The van der Waals surface area contributed by atoms with Crippen LogP contribution in [0.3, 0.4) is 0 Å². The number of rotatable bonds is 6. The van der Waals surface area contributed by atoms with Gasteiger partial charge in [0.2, 0.25) is 0 Å². The maximum absolute atomic E-state index is 5.50. The monoisotopic (exact) mass is 168 g/mol. The number of hydrogen-bond acceptors (Lipinski definition) is 2. The predicted molar refractivity (Wildman–Crippen MR) is 54.6 cm³/mol. The third kappa shape index (κ3) is 4.83. The van der Waals surface area contributed by atoms with Crippen LogP contribution in [0.5, 0.6) is 0 Å². The first-order valence-corrected chi connectivity index (χ1v) is 4.36. The molecule has 0 radical (unpaired) electrons. The van der Waals surface area contributed by atoms with Gasteiger partial charge in [0.1, 0.15) is 0 Å². The standard InChI is InChI=1S/C10H20N2/c1-5-9(2)7-6-8-12(4)10(3)11/h5,9H,1,3,6-8,11H2,2,4H3. The fraction of sp³-hybridized carbons (Fsp3) is 0.600. The average Bonchev–Trinajstić information content (AvgIpc) is 2.03. The van der Waals surface area contributed by atoms with Gasteiger partial charge in [-0.25, -0.2) is 0 Å². The van der Waals surface area contributed by atoms with Crippen LogP contribution in [0.25, 0.3) is 0 Å². The Morgan fingerprint density at radius 3 is 2.67 bits per heavy atom. The summed E-state index contributed by atoms with van der Waals surface area (Å²) in [6.07, 6.45) is 4.29. The van der Waals surface area contributed by atoms with Crippen molar-refractivity contribution in [2.45, 2.75) is 19.8 Å². The topological polar surface area (TPSA) is 29.3 Å². The molecule has 0 aromatic carbocycles. The van der Waals surface area contributed by atoms with Crippen LogP contribution in [-0.2, 0) is 0 Å². The lowest BCUT2D eigenvalue weighted by Gasteiger charge is -2.18. The van der Waals surface area contributed by atoms with Gasteiger partial charge in [0, 0.05) is 13.6 Å². The van der Waals surface area contributed by atoms with E-state index < -0.39 is 0 Å². The van der Waals surface area contributed by atoms with E-state index in [2.05, 4.69) is 20.1 Å². The molecular formula is C10H20N2. The minimum Gasteiger partial charge on any atom is -0.386 e. The first kappa shape index (κ1) is 11.1. The highest BCUT2D eigenvalue weighted by atomic mass is 15.2. The van der Waals surface area contributed by atoms with E-state index in [1.165, 1.54) is 6.42 Å². The second-order valence-electron chi connectivity index (χ2n) is 3.27. The highest BCUT2D eigenvalue weighted by molar-refractivity contribution is 4.84. The maximum atomic E-state index is 5.50. The molecule has 70 valence electrons. The molecule has 2 N–H and O–H groups in total. The van der Waals surface area contributed by atoms with E-state index in [1.807, 2.05) is 18.0 Å². The number of nitrogens with two attached hydrogens (primary N) is 1. The van der Waals surface area contributed by atoms with Crippen molar-refractivity contribution in [3.8, 4) is 0 Å². The molecule has 0 saturated carbocycles. The van der Waals surface area contributed by atoms with Gasteiger partial charge in [-0.15, -0.1) is 6.58 Å². The molecule has 0 spiro atoms. The van der Waals surface area contributed by atoms with E-state index in [-0.39, 0.29) is 0 Å². The maximum Gasteiger partial charge on any atom is 0.0909 e. The Kier molecular flexibility index (Phi) is 5.26. The Labute approximate surface area is 75.7 Å². The summed E-state index contributed by atoms with van der Waals surface area (Å²) in [5.74, 6) is 1.24. The second kappa shape index (κ2) is 5.70. The molecule has 0 amide bonds. The summed E-state index contributed by atoms with van der Waals surface area (Å²) in [6.45, 7) is 10.5. The fourth-order valence-corrected chi connectivity index (χ4v) is 0.912. The fourth-order valence-electron chi connectivity index (χ4n) is 0.912. The third-order valence-electron chi connectivity index (χ3n) is 2.05. The number of nitrogens with zero attached hydrogens (tertiary/aromatic N) is 1.